The molecule has 1 aromatic heterocycles. The third-order valence-electron chi connectivity index (χ3n) is 4.01. The molecule has 0 bridgehead atoms. The van der Waals surface area contributed by atoms with E-state index < -0.39 is 0 Å². The first-order valence-corrected chi connectivity index (χ1v) is 7.64. The monoisotopic (exact) mass is 284 g/mol. The predicted molar refractivity (Wildman–Crippen MR) is 80.9 cm³/mol. The second-order valence-corrected chi connectivity index (χ2v) is 5.56. The fourth-order valence-electron chi connectivity index (χ4n) is 2.88. The van der Waals surface area contributed by atoms with Crippen LogP contribution in [0, 0.1) is 0 Å². The average molecular weight is 284 g/mol. The lowest BCUT2D eigenvalue weighted by atomic mass is 10.1. The van der Waals surface area contributed by atoms with E-state index in [0.29, 0.717) is 11.5 Å². The summed E-state index contributed by atoms with van der Waals surface area (Å²) >= 11 is 0. The zero-order chi connectivity index (χ0) is 14.5. The zero-order valence-corrected chi connectivity index (χ0v) is 12.0. The van der Waals surface area contributed by atoms with Crippen molar-refractivity contribution < 1.29 is 9.21 Å². The number of hydrogen-bond donors (Lipinski definition) is 1. The van der Waals surface area contributed by atoms with Crippen molar-refractivity contribution in [2.24, 2.45) is 0 Å². The average Bonchev–Trinajstić information content (AvgIpc) is 2.87. The van der Waals surface area contributed by atoms with Crippen molar-refractivity contribution in [3.63, 3.8) is 0 Å². The van der Waals surface area contributed by atoms with Crippen molar-refractivity contribution >= 4 is 5.91 Å². The molecule has 1 saturated carbocycles. The molecule has 0 saturated heterocycles. The molecule has 21 heavy (non-hydrogen) atoms. The van der Waals surface area contributed by atoms with Gasteiger partial charge in [-0.25, -0.2) is 4.98 Å². The van der Waals surface area contributed by atoms with E-state index in [1.165, 1.54) is 32.1 Å². The SMILES string of the molecule is O=C(NC1CCCCCC1)c1ncoc1-c1ccccc1. The lowest BCUT2D eigenvalue weighted by Gasteiger charge is -2.15. The highest BCUT2D eigenvalue weighted by molar-refractivity contribution is 5.97. The Morgan fingerprint density at radius 2 is 1.81 bits per heavy atom. The van der Waals surface area contributed by atoms with Gasteiger partial charge in [-0.3, -0.25) is 4.79 Å². The number of benzene rings is 1. The summed E-state index contributed by atoms with van der Waals surface area (Å²) in [5, 5.41) is 3.11. The van der Waals surface area contributed by atoms with Crippen LogP contribution in [0.25, 0.3) is 11.3 Å². The Morgan fingerprint density at radius 1 is 1.10 bits per heavy atom. The van der Waals surface area contributed by atoms with E-state index >= 15 is 0 Å². The maximum atomic E-state index is 12.4. The van der Waals surface area contributed by atoms with E-state index in [1.807, 2.05) is 30.3 Å². The Hall–Kier alpha value is -2.10. The molecule has 0 atom stereocenters. The molecule has 4 heteroatoms. The van der Waals surface area contributed by atoms with E-state index in [0.717, 1.165) is 18.4 Å². The Balaban J connectivity index is 1.75. The summed E-state index contributed by atoms with van der Waals surface area (Å²) < 4.78 is 5.41. The van der Waals surface area contributed by atoms with E-state index in [4.69, 9.17) is 4.42 Å². The van der Waals surface area contributed by atoms with Crippen molar-refractivity contribution in [2.45, 2.75) is 44.6 Å². The largest absolute Gasteiger partial charge is 0.443 e. The number of nitrogens with one attached hydrogen (secondary N) is 1. The minimum Gasteiger partial charge on any atom is -0.443 e. The summed E-state index contributed by atoms with van der Waals surface area (Å²) in [6.07, 6.45) is 8.38. The normalized spacial score (nSPS) is 16.4. The number of nitrogens with zero attached hydrogens (tertiary/aromatic N) is 1. The van der Waals surface area contributed by atoms with Crippen LogP contribution >= 0.6 is 0 Å². The van der Waals surface area contributed by atoms with Crippen LogP contribution in [-0.2, 0) is 0 Å². The topological polar surface area (TPSA) is 55.1 Å². The Bertz CT molecular complexity index is 584. The van der Waals surface area contributed by atoms with Gasteiger partial charge >= 0.3 is 0 Å². The standard InChI is InChI=1S/C17H20N2O2/c20-17(19-14-10-6-1-2-7-11-14)15-16(21-12-18-15)13-8-4-3-5-9-13/h3-5,8-9,12,14H,1-2,6-7,10-11H2,(H,19,20). The number of oxazole rings is 1. The molecule has 1 aliphatic carbocycles. The molecule has 1 aromatic carbocycles. The highest BCUT2D eigenvalue weighted by atomic mass is 16.3. The molecule has 1 N–H and O–H groups in total. The van der Waals surface area contributed by atoms with Gasteiger partial charge in [-0.15, -0.1) is 0 Å². The molecule has 4 nitrogen and oxygen atoms in total. The summed E-state index contributed by atoms with van der Waals surface area (Å²) in [7, 11) is 0. The van der Waals surface area contributed by atoms with Gasteiger partial charge in [0.05, 0.1) is 0 Å². The molecule has 1 aliphatic rings. The summed E-state index contributed by atoms with van der Waals surface area (Å²) in [5.74, 6) is 0.413. The fourth-order valence-corrected chi connectivity index (χ4v) is 2.88. The molecule has 1 amide bonds. The van der Waals surface area contributed by atoms with Crippen LogP contribution in [0.4, 0.5) is 0 Å². The first kappa shape index (κ1) is 13.9. The summed E-state index contributed by atoms with van der Waals surface area (Å²) in [4.78, 5) is 16.5. The van der Waals surface area contributed by atoms with Gasteiger partial charge in [-0.05, 0) is 12.8 Å². The van der Waals surface area contributed by atoms with Gasteiger partial charge in [-0.2, -0.15) is 0 Å². The number of carbonyl (C=O) groups is 1. The van der Waals surface area contributed by atoms with Crippen molar-refractivity contribution in [3.8, 4) is 11.3 Å². The highest BCUT2D eigenvalue weighted by Crippen LogP contribution is 2.23. The van der Waals surface area contributed by atoms with Crippen LogP contribution < -0.4 is 5.32 Å². The van der Waals surface area contributed by atoms with Crippen LogP contribution in [-0.4, -0.2) is 16.9 Å². The Morgan fingerprint density at radius 3 is 2.52 bits per heavy atom. The molecule has 0 aliphatic heterocycles. The molecular formula is C17H20N2O2. The first-order valence-electron chi connectivity index (χ1n) is 7.64. The summed E-state index contributed by atoms with van der Waals surface area (Å²) in [5.41, 5.74) is 1.26. The number of carbonyl (C=O) groups excluding carboxylic acids is 1. The maximum Gasteiger partial charge on any atom is 0.274 e. The van der Waals surface area contributed by atoms with Crippen molar-refractivity contribution in [1.82, 2.24) is 10.3 Å². The van der Waals surface area contributed by atoms with Gasteiger partial charge in [0.2, 0.25) is 0 Å². The smallest absolute Gasteiger partial charge is 0.274 e. The van der Waals surface area contributed by atoms with Crippen LogP contribution in [0.5, 0.6) is 0 Å². The first-order chi connectivity index (χ1) is 10.3. The van der Waals surface area contributed by atoms with Crippen molar-refractivity contribution in [2.75, 3.05) is 0 Å². The molecule has 2 aromatic rings. The van der Waals surface area contributed by atoms with Crippen LogP contribution in [0.2, 0.25) is 0 Å². The van der Waals surface area contributed by atoms with Gasteiger partial charge in [-0.1, -0.05) is 56.0 Å². The van der Waals surface area contributed by atoms with Crippen LogP contribution in [0.3, 0.4) is 0 Å². The lowest BCUT2D eigenvalue weighted by molar-refractivity contribution is 0.0929. The fraction of sp³-hybridized carbons (Fsp3) is 0.412. The van der Waals surface area contributed by atoms with E-state index in [-0.39, 0.29) is 11.9 Å². The maximum absolute atomic E-state index is 12.4. The quantitative estimate of drug-likeness (QED) is 0.872. The van der Waals surface area contributed by atoms with E-state index in [2.05, 4.69) is 10.3 Å². The Labute approximate surface area is 124 Å². The van der Waals surface area contributed by atoms with Crippen LogP contribution in [0.1, 0.15) is 49.0 Å². The molecule has 0 unspecified atom stereocenters. The van der Waals surface area contributed by atoms with Gasteiger partial charge < -0.3 is 9.73 Å². The molecule has 0 radical (unpaired) electrons. The summed E-state index contributed by atoms with van der Waals surface area (Å²) in [6.45, 7) is 0. The van der Waals surface area contributed by atoms with E-state index in [1.54, 1.807) is 0 Å². The third kappa shape index (κ3) is 3.32. The van der Waals surface area contributed by atoms with E-state index in [9.17, 15) is 4.79 Å². The molecule has 0 spiro atoms. The second-order valence-electron chi connectivity index (χ2n) is 5.56. The lowest BCUT2D eigenvalue weighted by Crippen LogP contribution is -2.34. The van der Waals surface area contributed by atoms with Crippen LogP contribution in [0.15, 0.2) is 41.1 Å². The number of hydrogen-bond acceptors (Lipinski definition) is 3. The van der Waals surface area contributed by atoms with Gasteiger partial charge in [0, 0.05) is 11.6 Å². The molecule has 3 rings (SSSR count). The van der Waals surface area contributed by atoms with Gasteiger partial charge in [0.1, 0.15) is 0 Å². The molecule has 1 fully saturated rings. The predicted octanol–water partition coefficient (Wildman–Crippen LogP) is 3.79. The molecule has 110 valence electrons. The van der Waals surface area contributed by atoms with Crippen molar-refractivity contribution in [3.05, 3.63) is 42.4 Å². The van der Waals surface area contributed by atoms with Gasteiger partial charge in [0.25, 0.3) is 5.91 Å². The highest BCUT2D eigenvalue weighted by Gasteiger charge is 2.21. The minimum atomic E-state index is -0.130. The molecule has 1 heterocycles. The zero-order valence-electron chi connectivity index (χ0n) is 12.0. The third-order valence-corrected chi connectivity index (χ3v) is 4.01. The second kappa shape index (κ2) is 6.57. The van der Waals surface area contributed by atoms with Crippen molar-refractivity contribution in [1.29, 1.82) is 0 Å². The number of rotatable bonds is 3. The number of aromatic nitrogens is 1. The number of amides is 1. The molecular weight excluding hydrogens is 264 g/mol. The Kier molecular flexibility index (Phi) is 4.34. The minimum absolute atomic E-state index is 0.130. The van der Waals surface area contributed by atoms with Gasteiger partial charge in [0.15, 0.2) is 17.8 Å². The summed E-state index contributed by atoms with van der Waals surface area (Å²) in [6, 6.07) is 9.88.